The number of fused-ring (bicyclic) bond motifs is 1. The topological polar surface area (TPSA) is 84.9 Å². The fourth-order valence-corrected chi connectivity index (χ4v) is 5.31. The Hall–Kier alpha value is -2.58. The van der Waals surface area contributed by atoms with Gasteiger partial charge in [0.2, 0.25) is 0 Å². The molecule has 0 aliphatic carbocycles. The molecule has 2 aliphatic rings. The van der Waals surface area contributed by atoms with Gasteiger partial charge in [0.05, 0.1) is 17.7 Å². The Labute approximate surface area is 170 Å². The van der Waals surface area contributed by atoms with Crippen LogP contribution in [-0.4, -0.2) is 40.7 Å². The maximum atomic E-state index is 13.2. The third kappa shape index (κ3) is 3.95. The largest absolute Gasteiger partial charge is 0.497 e. The van der Waals surface area contributed by atoms with Gasteiger partial charge < -0.3 is 14.8 Å². The van der Waals surface area contributed by atoms with Crippen molar-refractivity contribution < 1.29 is 22.7 Å². The lowest BCUT2D eigenvalue weighted by atomic mass is 10.0. The number of nitrogens with zero attached hydrogens (tertiary/aromatic N) is 1. The van der Waals surface area contributed by atoms with Crippen molar-refractivity contribution in [1.82, 2.24) is 0 Å². The number of sulfonamides is 1. The molecular weight excluding hydrogens is 392 g/mol. The first-order valence-corrected chi connectivity index (χ1v) is 11.2. The summed E-state index contributed by atoms with van der Waals surface area (Å²) >= 11 is 0. The maximum absolute atomic E-state index is 13.2. The molecule has 1 amide bonds. The molecule has 4 rings (SSSR count). The van der Waals surface area contributed by atoms with Gasteiger partial charge in [-0.1, -0.05) is 0 Å². The lowest BCUT2D eigenvalue weighted by Gasteiger charge is -2.31. The highest BCUT2D eigenvalue weighted by molar-refractivity contribution is 7.92. The highest BCUT2D eigenvalue weighted by atomic mass is 32.2. The Morgan fingerprint density at radius 1 is 1.17 bits per heavy atom. The predicted octanol–water partition coefficient (Wildman–Crippen LogP) is 2.95. The van der Waals surface area contributed by atoms with Crippen molar-refractivity contribution in [2.24, 2.45) is 0 Å². The van der Waals surface area contributed by atoms with Crippen LogP contribution in [0.5, 0.6) is 5.75 Å². The van der Waals surface area contributed by atoms with Crippen LogP contribution >= 0.6 is 0 Å². The quantitative estimate of drug-likeness (QED) is 0.810. The molecule has 2 heterocycles. The summed E-state index contributed by atoms with van der Waals surface area (Å²) in [4.78, 5) is 12.5. The first kappa shape index (κ1) is 19.7. The summed E-state index contributed by atoms with van der Waals surface area (Å²) in [5, 5.41) is 2.89. The number of methoxy groups -OCH3 is 1. The van der Waals surface area contributed by atoms with E-state index in [1.807, 2.05) is 6.07 Å². The van der Waals surface area contributed by atoms with Gasteiger partial charge in [-0.3, -0.25) is 9.10 Å². The molecule has 1 saturated heterocycles. The van der Waals surface area contributed by atoms with E-state index in [4.69, 9.17) is 9.47 Å². The summed E-state index contributed by atoms with van der Waals surface area (Å²) in [5.41, 5.74) is 2.22. The molecule has 2 aliphatic heterocycles. The van der Waals surface area contributed by atoms with Gasteiger partial charge in [0.25, 0.3) is 15.9 Å². The number of anilines is 2. The molecule has 29 heavy (non-hydrogen) atoms. The number of hydrogen-bond donors (Lipinski definition) is 1. The van der Waals surface area contributed by atoms with Crippen LogP contribution in [0.4, 0.5) is 11.4 Å². The number of ether oxygens (including phenoxy) is 2. The van der Waals surface area contributed by atoms with Gasteiger partial charge in [-0.25, -0.2) is 8.42 Å². The van der Waals surface area contributed by atoms with E-state index in [2.05, 4.69) is 5.32 Å². The van der Waals surface area contributed by atoms with Crippen LogP contribution in [0, 0.1) is 0 Å². The first-order valence-electron chi connectivity index (χ1n) is 9.71. The van der Waals surface area contributed by atoms with Gasteiger partial charge in [0, 0.05) is 18.8 Å². The van der Waals surface area contributed by atoms with E-state index in [0.717, 1.165) is 24.8 Å². The van der Waals surface area contributed by atoms with Crippen molar-refractivity contribution in [3.8, 4) is 5.75 Å². The third-order valence-corrected chi connectivity index (χ3v) is 7.12. The second-order valence-corrected chi connectivity index (χ2v) is 9.05. The summed E-state index contributed by atoms with van der Waals surface area (Å²) in [5.74, 6) is 0.454. The van der Waals surface area contributed by atoms with Crippen molar-refractivity contribution >= 4 is 27.3 Å². The highest BCUT2D eigenvalue weighted by Gasteiger charge is 2.30. The Bertz CT molecular complexity index is 998. The average Bonchev–Trinajstić information content (AvgIpc) is 3.28. The molecule has 2 aromatic rings. The number of nitrogens with one attached hydrogen (secondary N) is 1. The Kier molecular flexibility index (Phi) is 5.47. The van der Waals surface area contributed by atoms with E-state index < -0.39 is 16.1 Å². The van der Waals surface area contributed by atoms with Crippen molar-refractivity contribution in [2.75, 3.05) is 29.9 Å². The standard InChI is InChI=1S/C21H24N2O5S/c1-27-17-7-9-18(10-8-17)29(25,26)23-12-2-4-15-14-16(6-11-19(15)23)22-21(24)20-5-3-13-28-20/h6-11,14,20H,2-5,12-13H2,1H3,(H,22,24). The summed E-state index contributed by atoms with van der Waals surface area (Å²) in [6.45, 7) is 1.03. The van der Waals surface area contributed by atoms with Crippen LogP contribution in [0.15, 0.2) is 47.4 Å². The molecule has 0 spiro atoms. The summed E-state index contributed by atoms with van der Waals surface area (Å²) in [7, 11) is -2.14. The molecule has 0 saturated carbocycles. The monoisotopic (exact) mass is 416 g/mol. The summed E-state index contributed by atoms with van der Waals surface area (Å²) < 4.78 is 38.3. The number of hydrogen-bond acceptors (Lipinski definition) is 5. The number of amides is 1. The SMILES string of the molecule is COc1ccc(S(=O)(=O)N2CCCc3cc(NC(=O)C4CCCO4)ccc32)cc1. The molecule has 0 radical (unpaired) electrons. The van der Waals surface area contributed by atoms with E-state index >= 15 is 0 Å². The Morgan fingerprint density at radius 2 is 1.97 bits per heavy atom. The van der Waals surface area contributed by atoms with Crippen molar-refractivity contribution in [3.05, 3.63) is 48.0 Å². The molecule has 1 atom stereocenters. The van der Waals surface area contributed by atoms with Crippen LogP contribution in [-0.2, 0) is 26.0 Å². The van der Waals surface area contributed by atoms with E-state index in [-0.39, 0.29) is 10.8 Å². The molecule has 7 nitrogen and oxygen atoms in total. The number of rotatable bonds is 5. The molecule has 8 heteroatoms. The normalized spacial score (nSPS) is 18.9. The van der Waals surface area contributed by atoms with Crippen molar-refractivity contribution in [2.45, 2.75) is 36.7 Å². The highest BCUT2D eigenvalue weighted by Crippen LogP contribution is 2.34. The molecule has 0 bridgehead atoms. The number of benzene rings is 2. The molecule has 1 unspecified atom stereocenters. The molecule has 1 N–H and O–H groups in total. The number of aryl methyl sites for hydroxylation is 1. The smallest absolute Gasteiger partial charge is 0.264 e. The van der Waals surface area contributed by atoms with Crippen molar-refractivity contribution in [3.63, 3.8) is 0 Å². The second kappa shape index (κ2) is 8.04. The molecule has 2 aromatic carbocycles. The zero-order chi connectivity index (χ0) is 20.4. The zero-order valence-corrected chi connectivity index (χ0v) is 17.1. The van der Waals surface area contributed by atoms with E-state index in [1.165, 1.54) is 4.31 Å². The zero-order valence-electron chi connectivity index (χ0n) is 16.3. The van der Waals surface area contributed by atoms with Crippen LogP contribution in [0.3, 0.4) is 0 Å². The van der Waals surface area contributed by atoms with Crippen LogP contribution in [0.25, 0.3) is 0 Å². The Morgan fingerprint density at radius 3 is 2.66 bits per heavy atom. The van der Waals surface area contributed by atoms with Gasteiger partial charge in [0.15, 0.2) is 0 Å². The minimum Gasteiger partial charge on any atom is -0.497 e. The first-order chi connectivity index (χ1) is 14.0. The number of carbonyl (C=O) groups is 1. The van der Waals surface area contributed by atoms with Gasteiger partial charge >= 0.3 is 0 Å². The Balaban J connectivity index is 1.58. The van der Waals surface area contributed by atoms with Crippen LogP contribution < -0.4 is 14.4 Å². The molecular formula is C21H24N2O5S. The molecule has 154 valence electrons. The lowest BCUT2D eigenvalue weighted by Crippen LogP contribution is -2.35. The maximum Gasteiger partial charge on any atom is 0.264 e. The van der Waals surface area contributed by atoms with Gasteiger partial charge in [-0.05, 0) is 73.7 Å². The average molecular weight is 416 g/mol. The fraction of sp³-hybridized carbons (Fsp3) is 0.381. The lowest BCUT2D eigenvalue weighted by molar-refractivity contribution is -0.124. The number of carbonyl (C=O) groups excluding carboxylic acids is 1. The van der Waals surface area contributed by atoms with Gasteiger partial charge in [-0.2, -0.15) is 0 Å². The molecule has 1 fully saturated rings. The van der Waals surface area contributed by atoms with E-state index in [9.17, 15) is 13.2 Å². The predicted molar refractivity (Wildman–Crippen MR) is 110 cm³/mol. The fourth-order valence-electron chi connectivity index (χ4n) is 3.77. The minimum absolute atomic E-state index is 0.152. The van der Waals surface area contributed by atoms with Crippen LogP contribution in [0.2, 0.25) is 0 Å². The van der Waals surface area contributed by atoms with Crippen molar-refractivity contribution in [1.29, 1.82) is 0 Å². The summed E-state index contributed by atoms with van der Waals surface area (Å²) in [6, 6.07) is 11.8. The van der Waals surface area contributed by atoms with Gasteiger partial charge in [0.1, 0.15) is 11.9 Å². The second-order valence-electron chi connectivity index (χ2n) is 7.19. The minimum atomic E-state index is -3.68. The van der Waals surface area contributed by atoms with Gasteiger partial charge in [-0.15, -0.1) is 0 Å². The van der Waals surface area contributed by atoms with Crippen LogP contribution in [0.1, 0.15) is 24.8 Å². The van der Waals surface area contributed by atoms with E-state index in [0.29, 0.717) is 36.7 Å². The third-order valence-electron chi connectivity index (χ3n) is 5.29. The molecule has 0 aromatic heterocycles. The van der Waals surface area contributed by atoms with E-state index in [1.54, 1.807) is 43.5 Å². The summed E-state index contributed by atoms with van der Waals surface area (Å²) in [6.07, 6.45) is 2.68.